The smallest absolute Gasteiger partial charge is 0.363 e. The molecular formula is C13H11IN2O8S. The van der Waals surface area contributed by atoms with Crippen molar-refractivity contribution in [3.05, 3.63) is 35.9 Å². The Kier molecular flexibility index (Phi) is 5.54. The van der Waals surface area contributed by atoms with Crippen LogP contribution in [-0.2, 0) is 14.9 Å². The van der Waals surface area contributed by atoms with Gasteiger partial charge in [0.1, 0.15) is 0 Å². The average Bonchev–Trinajstić information content (AvgIpc) is 2.83. The van der Waals surface area contributed by atoms with Gasteiger partial charge in [-0.2, -0.15) is 8.42 Å². The Morgan fingerprint density at radius 3 is 2.28 bits per heavy atom. The standard InChI is InChI=1S/C13H11IN2O8S/c14-6-10(17)15-8-3-1-7(2-4-8)13(20)24-16-11(18)5-9(12(16)19)25(21,22)23/h1-5,18-19H,6H2,(H,15,17)(H,21,22,23). The van der Waals surface area contributed by atoms with E-state index in [0.717, 1.165) is 0 Å². The molecule has 0 unspecified atom stereocenters. The molecule has 25 heavy (non-hydrogen) atoms. The lowest BCUT2D eigenvalue weighted by Crippen LogP contribution is -2.19. The van der Waals surface area contributed by atoms with E-state index in [-0.39, 0.29) is 20.6 Å². The molecule has 2 rings (SSSR count). The topological polar surface area (TPSA) is 155 Å². The predicted octanol–water partition coefficient (Wildman–Crippen LogP) is 0.788. The number of carbonyl (C=O) groups excluding carboxylic acids is 2. The minimum absolute atomic E-state index is 0.00613. The van der Waals surface area contributed by atoms with Crippen molar-refractivity contribution < 1.29 is 37.6 Å². The van der Waals surface area contributed by atoms with E-state index in [9.17, 15) is 28.2 Å². The second-order valence-corrected chi connectivity index (χ2v) is 6.75. The number of alkyl halides is 1. The third-order valence-electron chi connectivity index (χ3n) is 2.86. The summed E-state index contributed by atoms with van der Waals surface area (Å²) in [6, 6.07) is 6.00. The first-order valence-electron chi connectivity index (χ1n) is 6.43. The Bertz CT molecular complexity index is 920. The molecule has 0 aliphatic carbocycles. The third-order valence-corrected chi connectivity index (χ3v) is 4.41. The molecule has 1 aromatic heterocycles. The van der Waals surface area contributed by atoms with Crippen molar-refractivity contribution >= 4 is 50.3 Å². The lowest BCUT2D eigenvalue weighted by molar-refractivity contribution is -0.113. The highest BCUT2D eigenvalue weighted by atomic mass is 127. The van der Waals surface area contributed by atoms with Gasteiger partial charge in [-0.05, 0) is 24.3 Å². The summed E-state index contributed by atoms with van der Waals surface area (Å²) >= 11 is 1.89. The Morgan fingerprint density at radius 1 is 1.20 bits per heavy atom. The fourth-order valence-corrected chi connectivity index (χ4v) is 2.51. The van der Waals surface area contributed by atoms with Gasteiger partial charge in [-0.15, -0.1) is 4.73 Å². The van der Waals surface area contributed by atoms with Gasteiger partial charge >= 0.3 is 5.97 Å². The van der Waals surface area contributed by atoms with Crippen LogP contribution in [0.1, 0.15) is 10.4 Å². The molecule has 1 amide bonds. The number of hydrogen-bond donors (Lipinski definition) is 4. The highest BCUT2D eigenvalue weighted by molar-refractivity contribution is 14.1. The van der Waals surface area contributed by atoms with Crippen LogP contribution in [0, 0.1) is 0 Å². The van der Waals surface area contributed by atoms with Crippen LogP contribution in [-0.4, -0.2) is 44.2 Å². The number of halogens is 1. The SMILES string of the molecule is O=C(CI)Nc1ccc(C(=O)On2c(O)cc(S(=O)(=O)O)c2O)cc1. The molecule has 12 heteroatoms. The van der Waals surface area contributed by atoms with Gasteiger partial charge in [0.05, 0.1) is 9.99 Å². The van der Waals surface area contributed by atoms with Crippen molar-refractivity contribution in [2.24, 2.45) is 0 Å². The summed E-state index contributed by atoms with van der Waals surface area (Å²) in [5.74, 6) is -3.34. The number of amides is 1. The van der Waals surface area contributed by atoms with Crippen molar-refractivity contribution in [3.8, 4) is 11.8 Å². The van der Waals surface area contributed by atoms with E-state index in [4.69, 9.17) is 9.39 Å². The molecule has 0 fully saturated rings. The Hall–Kier alpha value is -2.32. The lowest BCUT2D eigenvalue weighted by atomic mass is 10.2. The largest absolute Gasteiger partial charge is 0.492 e. The maximum absolute atomic E-state index is 12.0. The molecule has 1 aromatic carbocycles. The minimum Gasteiger partial charge on any atom is -0.492 e. The van der Waals surface area contributed by atoms with Gasteiger partial charge in [-0.1, -0.05) is 22.6 Å². The van der Waals surface area contributed by atoms with Crippen LogP contribution < -0.4 is 10.2 Å². The first-order valence-corrected chi connectivity index (χ1v) is 9.39. The van der Waals surface area contributed by atoms with Gasteiger partial charge in [0.2, 0.25) is 11.8 Å². The van der Waals surface area contributed by atoms with Crippen LogP contribution in [0.15, 0.2) is 35.2 Å². The quantitative estimate of drug-likeness (QED) is 0.277. The molecule has 0 saturated carbocycles. The predicted molar refractivity (Wildman–Crippen MR) is 92.4 cm³/mol. The van der Waals surface area contributed by atoms with Gasteiger partial charge in [0.25, 0.3) is 16.0 Å². The lowest BCUT2D eigenvalue weighted by Gasteiger charge is -2.08. The first kappa shape index (κ1) is 19.0. The molecule has 0 atom stereocenters. The molecule has 0 aliphatic rings. The van der Waals surface area contributed by atoms with Crippen LogP contribution in [0.2, 0.25) is 0 Å². The highest BCUT2D eigenvalue weighted by Crippen LogP contribution is 2.30. The summed E-state index contributed by atoms with van der Waals surface area (Å²) in [5.41, 5.74) is 0.437. The molecule has 0 bridgehead atoms. The number of anilines is 1. The maximum Gasteiger partial charge on any atom is 0.363 e. The van der Waals surface area contributed by atoms with Gasteiger partial charge in [-0.3, -0.25) is 9.35 Å². The number of nitrogens with one attached hydrogen (secondary N) is 1. The fraction of sp³-hybridized carbons (Fsp3) is 0.0769. The van der Waals surface area contributed by atoms with Crippen molar-refractivity contribution in [1.82, 2.24) is 4.73 Å². The maximum atomic E-state index is 12.0. The first-order chi connectivity index (χ1) is 11.6. The van der Waals surface area contributed by atoms with Crippen LogP contribution in [0.5, 0.6) is 11.8 Å². The van der Waals surface area contributed by atoms with Gasteiger partial charge in [0.15, 0.2) is 4.90 Å². The Morgan fingerprint density at radius 2 is 1.80 bits per heavy atom. The number of hydrogen-bond acceptors (Lipinski definition) is 7. The molecule has 134 valence electrons. The molecule has 1 heterocycles. The molecule has 10 nitrogen and oxygen atoms in total. The molecule has 0 aliphatic heterocycles. The number of benzene rings is 1. The van der Waals surface area contributed by atoms with Crippen LogP contribution in [0.3, 0.4) is 0 Å². The number of nitrogens with zero attached hydrogens (tertiary/aromatic N) is 1. The summed E-state index contributed by atoms with van der Waals surface area (Å²) in [6.07, 6.45) is 0. The minimum atomic E-state index is -4.82. The zero-order valence-electron chi connectivity index (χ0n) is 12.2. The van der Waals surface area contributed by atoms with E-state index in [0.29, 0.717) is 11.8 Å². The number of carbonyl (C=O) groups is 2. The van der Waals surface area contributed by atoms with E-state index in [1.807, 2.05) is 22.6 Å². The van der Waals surface area contributed by atoms with Gasteiger partial charge in [-0.25, -0.2) is 4.79 Å². The van der Waals surface area contributed by atoms with Crippen molar-refractivity contribution in [1.29, 1.82) is 0 Å². The fourth-order valence-electron chi connectivity index (χ4n) is 1.75. The Labute approximate surface area is 154 Å². The summed E-state index contributed by atoms with van der Waals surface area (Å²) in [4.78, 5) is 26.9. The van der Waals surface area contributed by atoms with Crippen molar-refractivity contribution in [2.75, 3.05) is 9.74 Å². The average molecular weight is 482 g/mol. The molecule has 0 saturated heterocycles. The molecule has 2 aromatic rings. The monoisotopic (exact) mass is 482 g/mol. The molecule has 4 N–H and O–H groups in total. The third kappa shape index (κ3) is 4.40. The second kappa shape index (κ2) is 7.28. The van der Waals surface area contributed by atoms with E-state index in [1.54, 1.807) is 0 Å². The second-order valence-electron chi connectivity index (χ2n) is 4.60. The van der Waals surface area contributed by atoms with Crippen molar-refractivity contribution in [3.63, 3.8) is 0 Å². The molecule has 0 radical (unpaired) electrons. The normalized spacial score (nSPS) is 11.1. The van der Waals surface area contributed by atoms with Gasteiger partial charge in [0, 0.05) is 11.8 Å². The summed E-state index contributed by atoms with van der Waals surface area (Å²) < 4.78 is 31.3. The summed E-state index contributed by atoms with van der Waals surface area (Å²) in [7, 11) is -4.82. The summed E-state index contributed by atoms with van der Waals surface area (Å²) in [6.45, 7) is 0. The van der Waals surface area contributed by atoms with Crippen LogP contribution in [0.4, 0.5) is 5.69 Å². The molecular weight excluding hydrogens is 471 g/mol. The summed E-state index contributed by atoms with van der Waals surface area (Å²) in [5, 5.41) is 21.8. The van der Waals surface area contributed by atoms with E-state index >= 15 is 0 Å². The number of rotatable bonds is 5. The van der Waals surface area contributed by atoms with Crippen LogP contribution in [0.25, 0.3) is 0 Å². The number of aromatic hydroxyl groups is 2. The van der Waals surface area contributed by atoms with Gasteiger partial charge < -0.3 is 20.4 Å². The zero-order chi connectivity index (χ0) is 18.8. The van der Waals surface area contributed by atoms with Crippen molar-refractivity contribution in [2.45, 2.75) is 4.90 Å². The Balaban J connectivity index is 2.20. The van der Waals surface area contributed by atoms with E-state index in [1.165, 1.54) is 24.3 Å². The van der Waals surface area contributed by atoms with E-state index in [2.05, 4.69) is 5.32 Å². The zero-order valence-corrected chi connectivity index (χ0v) is 15.2. The van der Waals surface area contributed by atoms with E-state index < -0.39 is 32.7 Å². The van der Waals surface area contributed by atoms with Crippen LogP contribution >= 0.6 is 22.6 Å². The molecule has 0 spiro atoms. The number of aromatic nitrogens is 1. The highest BCUT2D eigenvalue weighted by Gasteiger charge is 2.26.